The van der Waals surface area contributed by atoms with Crippen LogP contribution in [0.5, 0.6) is 0 Å². The molecule has 6 heteroatoms. The molecular formula is C9H10O6. The molecule has 1 fully saturated rings. The van der Waals surface area contributed by atoms with Crippen molar-refractivity contribution in [3.8, 4) is 0 Å². The summed E-state index contributed by atoms with van der Waals surface area (Å²) >= 11 is 0. The molecule has 0 bridgehead atoms. The second kappa shape index (κ2) is 3.38. The Labute approximate surface area is 85.5 Å². The van der Waals surface area contributed by atoms with E-state index in [-0.39, 0.29) is 0 Å². The van der Waals surface area contributed by atoms with E-state index in [1.54, 1.807) is 0 Å². The predicted octanol–water partition coefficient (Wildman–Crippen LogP) is 0.0795. The molecule has 1 heterocycles. The maximum atomic E-state index is 11.3. The number of ether oxygens (including phenoxy) is 2. The van der Waals surface area contributed by atoms with Gasteiger partial charge in [0, 0.05) is 13.8 Å². The van der Waals surface area contributed by atoms with Gasteiger partial charge in [0.1, 0.15) is 0 Å². The van der Waals surface area contributed by atoms with Gasteiger partial charge in [-0.3, -0.25) is 9.59 Å². The van der Waals surface area contributed by atoms with Gasteiger partial charge in [0.2, 0.25) is 0 Å². The number of aliphatic carboxylic acids is 1. The van der Waals surface area contributed by atoms with E-state index in [0.29, 0.717) is 0 Å². The first kappa shape index (κ1) is 11.2. The van der Waals surface area contributed by atoms with Gasteiger partial charge in [0.05, 0.1) is 5.57 Å². The van der Waals surface area contributed by atoms with Crippen LogP contribution in [0.4, 0.5) is 0 Å². The summed E-state index contributed by atoms with van der Waals surface area (Å²) < 4.78 is 9.44. The fraction of sp³-hybridized carbons (Fsp3) is 0.444. The summed E-state index contributed by atoms with van der Waals surface area (Å²) in [6.07, 6.45) is 0. The molecular weight excluding hydrogens is 204 g/mol. The van der Waals surface area contributed by atoms with Gasteiger partial charge in [0.15, 0.2) is 5.92 Å². The third-order valence-corrected chi connectivity index (χ3v) is 1.79. The van der Waals surface area contributed by atoms with Crippen molar-refractivity contribution in [3.05, 3.63) is 12.2 Å². The number of cyclic esters (lactones) is 2. The Balaban J connectivity index is 2.94. The minimum Gasteiger partial charge on any atom is -0.478 e. The van der Waals surface area contributed by atoms with E-state index in [4.69, 9.17) is 14.6 Å². The van der Waals surface area contributed by atoms with Crippen LogP contribution in [0, 0.1) is 5.92 Å². The minimum absolute atomic E-state index is 0.555. The van der Waals surface area contributed by atoms with Crippen molar-refractivity contribution in [2.75, 3.05) is 0 Å². The highest BCUT2D eigenvalue weighted by Gasteiger charge is 2.46. The molecule has 0 aromatic heterocycles. The van der Waals surface area contributed by atoms with Crippen LogP contribution >= 0.6 is 0 Å². The zero-order chi connectivity index (χ0) is 11.8. The summed E-state index contributed by atoms with van der Waals surface area (Å²) in [5, 5.41) is 8.58. The fourth-order valence-electron chi connectivity index (χ4n) is 1.13. The molecule has 1 N–H and O–H groups in total. The highest BCUT2D eigenvalue weighted by atomic mass is 16.7. The number of carbonyl (C=O) groups is 3. The van der Waals surface area contributed by atoms with Crippen LogP contribution in [0.15, 0.2) is 12.2 Å². The third-order valence-electron chi connectivity index (χ3n) is 1.79. The maximum Gasteiger partial charge on any atom is 0.332 e. The molecule has 0 aromatic carbocycles. The van der Waals surface area contributed by atoms with Gasteiger partial charge < -0.3 is 14.6 Å². The van der Waals surface area contributed by atoms with E-state index < -0.39 is 35.2 Å². The molecule has 1 saturated heterocycles. The van der Waals surface area contributed by atoms with Gasteiger partial charge in [-0.25, -0.2) is 4.79 Å². The smallest absolute Gasteiger partial charge is 0.332 e. The SMILES string of the molecule is C=C(C(=O)O)C1C(=O)OC(C)(C)OC1=O. The first-order chi connectivity index (χ1) is 6.74. The number of hydrogen-bond acceptors (Lipinski definition) is 5. The Kier molecular flexibility index (Phi) is 2.53. The summed E-state index contributed by atoms with van der Waals surface area (Å²) in [5.41, 5.74) is -0.555. The number of carboxylic acid groups (broad SMARTS) is 1. The number of carboxylic acids is 1. The van der Waals surface area contributed by atoms with Gasteiger partial charge >= 0.3 is 17.9 Å². The van der Waals surface area contributed by atoms with Crippen LogP contribution in [0.3, 0.4) is 0 Å². The van der Waals surface area contributed by atoms with Gasteiger partial charge in [-0.1, -0.05) is 6.58 Å². The van der Waals surface area contributed by atoms with Crippen molar-refractivity contribution >= 4 is 17.9 Å². The molecule has 0 aromatic rings. The van der Waals surface area contributed by atoms with Crippen LogP contribution in [-0.2, 0) is 23.9 Å². The van der Waals surface area contributed by atoms with Crippen LogP contribution in [0.1, 0.15) is 13.8 Å². The molecule has 82 valence electrons. The molecule has 1 rings (SSSR count). The molecule has 6 nitrogen and oxygen atoms in total. The maximum absolute atomic E-state index is 11.3. The lowest BCUT2D eigenvalue weighted by molar-refractivity contribution is -0.237. The van der Waals surface area contributed by atoms with E-state index >= 15 is 0 Å². The minimum atomic E-state index is -1.57. The molecule has 15 heavy (non-hydrogen) atoms. The van der Waals surface area contributed by atoms with E-state index in [9.17, 15) is 14.4 Å². The quantitative estimate of drug-likeness (QED) is 0.397. The molecule has 0 atom stereocenters. The second-order valence-corrected chi connectivity index (χ2v) is 3.51. The highest BCUT2D eigenvalue weighted by molar-refractivity contribution is 6.07. The predicted molar refractivity (Wildman–Crippen MR) is 46.5 cm³/mol. The molecule has 1 aliphatic heterocycles. The fourth-order valence-corrected chi connectivity index (χ4v) is 1.13. The monoisotopic (exact) mass is 214 g/mol. The molecule has 0 unspecified atom stereocenters. The third kappa shape index (κ3) is 2.15. The van der Waals surface area contributed by atoms with Crippen molar-refractivity contribution in [3.63, 3.8) is 0 Å². The zero-order valence-electron chi connectivity index (χ0n) is 8.27. The van der Waals surface area contributed by atoms with Gasteiger partial charge in [0.25, 0.3) is 5.79 Å². The lowest BCUT2D eigenvalue weighted by Crippen LogP contribution is -2.47. The summed E-state index contributed by atoms with van der Waals surface area (Å²) in [6.45, 7) is 5.88. The van der Waals surface area contributed by atoms with Crippen molar-refractivity contribution in [2.24, 2.45) is 5.92 Å². The molecule has 0 aliphatic carbocycles. The standard InChI is InChI=1S/C9H10O6/c1-4(6(10)11)5-7(12)14-9(2,3)15-8(5)13/h5H,1H2,2-3H3,(H,10,11). The molecule has 1 aliphatic rings. The van der Waals surface area contributed by atoms with Crippen molar-refractivity contribution in [1.29, 1.82) is 0 Å². The average Bonchev–Trinajstić information content (AvgIpc) is 1.99. The van der Waals surface area contributed by atoms with E-state index in [1.807, 2.05) is 0 Å². The first-order valence-electron chi connectivity index (χ1n) is 4.12. The normalized spacial score (nSPS) is 20.4. The lowest BCUT2D eigenvalue weighted by Gasteiger charge is -2.32. The lowest BCUT2D eigenvalue weighted by atomic mass is 10.00. The summed E-state index contributed by atoms with van der Waals surface area (Å²) in [6, 6.07) is 0. The first-order valence-corrected chi connectivity index (χ1v) is 4.12. The Morgan fingerprint density at radius 1 is 1.33 bits per heavy atom. The van der Waals surface area contributed by atoms with Crippen LogP contribution < -0.4 is 0 Å². The Bertz CT molecular complexity index is 334. The number of carbonyl (C=O) groups excluding carboxylic acids is 2. The largest absolute Gasteiger partial charge is 0.478 e. The molecule has 0 spiro atoms. The van der Waals surface area contributed by atoms with Gasteiger partial charge in [-0.2, -0.15) is 0 Å². The molecule has 0 amide bonds. The topological polar surface area (TPSA) is 89.9 Å². The Morgan fingerprint density at radius 3 is 2.07 bits per heavy atom. The zero-order valence-corrected chi connectivity index (χ0v) is 8.27. The summed E-state index contributed by atoms with van der Waals surface area (Å²) in [7, 11) is 0. The number of hydrogen-bond donors (Lipinski definition) is 1. The van der Waals surface area contributed by atoms with Crippen molar-refractivity contribution < 1.29 is 29.0 Å². The average molecular weight is 214 g/mol. The summed E-state index contributed by atoms with van der Waals surface area (Å²) in [5.74, 6) is -6.28. The van der Waals surface area contributed by atoms with Crippen molar-refractivity contribution in [1.82, 2.24) is 0 Å². The van der Waals surface area contributed by atoms with E-state index in [0.717, 1.165) is 0 Å². The van der Waals surface area contributed by atoms with E-state index in [2.05, 4.69) is 6.58 Å². The van der Waals surface area contributed by atoms with Crippen molar-refractivity contribution in [2.45, 2.75) is 19.6 Å². The van der Waals surface area contributed by atoms with Crippen LogP contribution in [0.25, 0.3) is 0 Å². The Hall–Kier alpha value is -1.85. The second-order valence-electron chi connectivity index (χ2n) is 3.51. The number of rotatable bonds is 2. The molecule has 0 saturated carbocycles. The van der Waals surface area contributed by atoms with Crippen LogP contribution in [0.2, 0.25) is 0 Å². The van der Waals surface area contributed by atoms with Gasteiger partial charge in [-0.15, -0.1) is 0 Å². The molecule has 0 radical (unpaired) electrons. The van der Waals surface area contributed by atoms with Gasteiger partial charge in [-0.05, 0) is 0 Å². The van der Waals surface area contributed by atoms with Crippen LogP contribution in [-0.4, -0.2) is 28.8 Å². The highest BCUT2D eigenvalue weighted by Crippen LogP contribution is 2.26. The van der Waals surface area contributed by atoms with E-state index in [1.165, 1.54) is 13.8 Å². The Morgan fingerprint density at radius 2 is 1.73 bits per heavy atom. The summed E-state index contributed by atoms with van der Waals surface area (Å²) in [4.78, 5) is 33.2. The number of esters is 2.